The van der Waals surface area contributed by atoms with Crippen LogP contribution in [0, 0.1) is 11.2 Å². The van der Waals surface area contributed by atoms with Crippen LogP contribution in [0.1, 0.15) is 61.6 Å². The summed E-state index contributed by atoms with van der Waals surface area (Å²) >= 11 is 0. The van der Waals surface area contributed by atoms with E-state index in [1.807, 2.05) is 33.0 Å². The largest absolute Gasteiger partial charge is 0.490 e. The van der Waals surface area contributed by atoms with E-state index in [2.05, 4.69) is 30.1 Å². The van der Waals surface area contributed by atoms with Crippen LogP contribution in [0.4, 0.5) is 15.0 Å². The summed E-state index contributed by atoms with van der Waals surface area (Å²) < 4.78 is 27.1. The van der Waals surface area contributed by atoms with Gasteiger partial charge in [-0.3, -0.25) is 24.8 Å². The van der Waals surface area contributed by atoms with Crippen molar-refractivity contribution in [1.29, 1.82) is 0 Å². The first kappa shape index (κ1) is 33.6. The third-order valence-electron chi connectivity index (χ3n) is 10.2. The van der Waals surface area contributed by atoms with E-state index in [0.29, 0.717) is 24.7 Å². The number of carbonyl (C=O) groups excluding carboxylic acids is 3. The van der Waals surface area contributed by atoms with Gasteiger partial charge in [0.15, 0.2) is 11.6 Å². The van der Waals surface area contributed by atoms with Gasteiger partial charge in [0.05, 0.1) is 11.8 Å². The van der Waals surface area contributed by atoms with Crippen LogP contribution in [0.3, 0.4) is 0 Å². The highest BCUT2D eigenvalue weighted by Crippen LogP contribution is 2.52. The average Bonchev–Trinajstić information content (AvgIpc) is 3.38. The van der Waals surface area contributed by atoms with Crippen LogP contribution in [0.5, 0.6) is 17.2 Å². The minimum absolute atomic E-state index is 0.0537. The van der Waals surface area contributed by atoms with Crippen molar-refractivity contribution in [3.63, 3.8) is 0 Å². The molecule has 0 bridgehead atoms. The first-order chi connectivity index (χ1) is 24.1. The van der Waals surface area contributed by atoms with E-state index >= 15 is 0 Å². The number of nitrogens with one attached hydrogen (secondary N) is 1. The molecule has 3 fully saturated rings. The number of halogens is 1. The fraction of sp³-hybridized carbons (Fsp3) is 0.500. The number of fused-ring (bicyclic) bond motifs is 1. The summed E-state index contributed by atoms with van der Waals surface area (Å²) in [5.74, 6) is 1.13. The number of hydrogen-bond acceptors (Lipinski definition) is 10. The molecule has 1 N–H and O–H groups in total. The average molecular weight is 687 g/mol. The number of urea groups is 1. The van der Waals surface area contributed by atoms with Gasteiger partial charge in [0.1, 0.15) is 36.3 Å². The maximum absolute atomic E-state index is 14.3. The van der Waals surface area contributed by atoms with Gasteiger partial charge in [-0.05, 0) is 64.3 Å². The first-order valence-corrected chi connectivity index (χ1v) is 17.4. The highest BCUT2D eigenvalue weighted by Gasteiger charge is 2.54. The van der Waals surface area contributed by atoms with E-state index in [4.69, 9.17) is 9.47 Å². The Morgan fingerprint density at radius 2 is 1.92 bits per heavy atom. The zero-order valence-electron chi connectivity index (χ0n) is 28.7. The van der Waals surface area contributed by atoms with E-state index in [1.54, 1.807) is 16.0 Å². The summed E-state index contributed by atoms with van der Waals surface area (Å²) in [5, 5.41) is 2.33. The number of aromatic nitrogens is 3. The number of amides is 4. The van der Waals surface area contributed by atoms with E-state index in [9.17, 15) is 18.8 Å². The molecule has 1 aromatic carbocycles. The molecule has 264 valence electrons. The van der Waals surface area contributed by atoms with Crippen molar-refractivity contribution in [3.05, 3.63) is 65.6 Å². The van der Waals surface area contributed by atoms with Gasteiger partial charge in [-0.15, -0.1) is 0 Å². The summed E-state index contributed by atoms with van der Waals surface area (Å²) in [6.07, 6.45) is 8.44. The minimum Gasteiger partial charge on any atom is -0.490 e. The Hall–Kier alpha value is -4.85. The molecule has 14 heteroatoms. The Bertz CT molecular complexity index is 1770. The van der Waals surface area contributed by atoms with Crippen LogP contribution < -0.4 is 19.7 Å². The van der Waals surface area contributed by atoms with Crippen molar-refractivity contribution in [2.75, 3.05) is 50.7 Å². The van der Waals surface area contributed by atoms with Gasteiger partial charge in [0.2, 0.25) is 5.91 Å². The molecule has 7 rings (SSSR count). The van der Waals surface area contributed by atoms with Crippen LogP contribution >= 0.6 is 0 Å². The molecule has 4 amide bonds. The number of imide groups is 1. The second kappa shape index (κ2) is 13.8. The Morgan fingerprint density at radius 3 is 2.66 bits per heavy atom. The number of carbonyl (C=O) groups is 3. The quantitative estimate of drug-likeness (QED) is 0.279. The van der Waals surface area contributed by atoms with Crippen LogP contribution in [0.15, 0.2) is 43.0 Å². The molecule has 2 aromatic heterocycles. The van der Waals surface area contributed by atoms with E-state index < -0.39 is 5.82 Å². The summed E-state index contributed by atoms with van der Waals surface area (Å²) in [7, 11) is 0. The summed E-state index contributed by atoms with van der Waals surface area (Å²) in [5.41, 5.74) is 2.47. The predicted molar refractivity (Wildman–Crippen MR) is 182 cm³/mol. The number of benzene rings is 1. The van der Waals surface area contributed by atoms with Gasteiger partial charge in [0.25, 0.3) is 5.91 Å². The van der Waals surface area contributed by atoms with Crippen molar-refractivity contribution < 1.29 is 28.2 Å². The predicted octanol–water partition coefficient (Wildman–Crippen LogP) is 4.02. The van der Waals surface area contributed by atoms with Crippen molar-refractivity contribution in [2.24, 2.45) is 5.41 Å². The van der Waals surface area contributed by atoms with Crippen molar-refractivity contribution in [1.82, 2.24) is 35.0 Å². The molecular weight excluding hydrogens is 643 g/mol. The lowest BCUT2D eigenvalue weighted by Gasteiger charge is -2.59. The lowest BCUT2D eigenvalue weighted by Crippen LogP contribution is -2.65. The molecule has 1 saturated carbocycles. The van der Waals surface area contributed by atoms with Crippen molar-refractivity contribution >= 4 is 23.7 Å². The lowest BCUT2D eigenvalue weighted by atomic mass is 9.61. The highest BCUT2D eigenvalue weighted by molar-refractivity contribution is 6.01. The number of nitrogens with zero attached hydrogens (tertiary/aromatic N) is 7. The van der Waals surface area contributed by atoms with Crippen molar-refractivity contribution in [2.45, 2.75) is 65.1 Å². The number of rotatable bonds is 12. The van der Waals surface area contributed by atoms with Crippen LogP contribution in [-0.4, -0.2) is 105 Å². The normalized spacial score (nSPS) is 18.5. The molecule has 50 heavy (non-hydrogen) atoms. The molecule has 2 saturated heterocycles. The minimum atomic E-state index is -0.509. The Balaban J connectivity index is 0.947. The van der Waals surface area contributed by atoms with Gasteiger partial charge in [0, 0.05) is 81.1 Å². The monoisotopic (exact) mass is 686 g/mol. The van der Waals surface area contributed by atoms with Gasteiger partial charge in [-0.2, -0.15) is 0 Å². The smallest absolute Gasteiger partial charge is 0.324 e. The Morgan fingerprint density at radius 1 is 1.10 bits per heavy atom. The maximum Gasteiger partial charge on any atom is 0.324 e. The fourth-order valence-corrected chi connectivity index (χ4v) is 7.65. The highest BCUT2D eigenvalue weighted by atomic mass is 19.1. The van der Waals surface area contributed by atoms with Gasteiger partial charge < -0.3 is 24.2 Å². The number of hydrogen-bond donors (Lipinski definition) is 1. The second-order valence-corrected chi connectivity index (χ2v) is 14.0. The molecular formula is C36H43FN8O5. The SMILES string of the molecule is CCN(C(=O)c1cc(F)ccc1Oc1cncnc1N1CC2(CC(Oc3ccnc4c3CN(CCCN3CC(=O)NC3=O)CC4)C2)C1)C(C)C. The zero-order chi connectivity index (χ0) is 35.0. The molecule has 0 unspecified atom stereocenters. The Kier molecular flexibility index (Phi) is 9.29. The molecule has 5 heterocycles. The van der Waals surface area contributed by atoms with Crippen molar-refractivity contribution in [3.8, 4) is 17.2 Å². The Labute approximate surface area is 290 Å². The molecule has 1 spiro atoms. The molecule has 3 aromatic rings. The fourth-order valence-electron chi connectivity index (χ4n) is 7.65. The standard InChI is InChI=1S/C36H43FN8O5/c1-4-45(23(2)3)34(47)26-14-24(37)6-7-29(26)50-31-17-38-22-40-33(31)44-20-36(21-44)15-25(16-36)49-30-8-10-39-28-9-13-42(18-27(28)30)11-5-12-43-19-32(46)41-35(43)48/h6-8,10,14,17,22-23,25H,4-5,9,11-13,15-16,18-21H2,1-3H3,(H,41,46,48). The van der Waals surface area contributed by atoms with E-state index in [0.717, 1.165) is 75.4 Å². The molecule has 4 aliphatic rings. The number of pyridine rings is 1. The molecule has 0 atom stereocenters. The topological polar surface area (TPSA) is 133 Å². The first-order valence-electron chi connectivity index (χ1n) is 17.4. The third kappa shape index (κ3) is 6.80. The van der Waals surface area contributed by atoms with Gasteiger partial charge in [-0.25, -0.2) is 19.2 Å². The summed E-state index contributed by atoms with van der Waals surface area (Å²) in [6.45, 7) is 10.9. The zero-order valence-corrected chi connectivity index (χ0v) is 28.7. The molecule has 0 radical (unpaired) electrons. The number of ether oxygens (including phenoxy) is 2. The van der Waals surface area contributed by atoms with Crippen LogP contribution in [0.25, 0.3) is 0 Å². The molecule has 13 nitrogen and oxygen atoms in total. The summed E-state index contributed by atoms with van der Waals surface area (Å²) in [6, 6.07) is 5.58. The van der Waals surface area contributed by atoms with Crippen LogP contribution in [-0.2, 0) is 17.8 Å². The molecule has 3 aliphatic heterocycles. The lowest BCUT2D eigenvalue weighted by molar-refractivity contribution is -0.118. The van der Waals surface area contributed by atoms with Gasteiger partial charge in [-0.1, -0.05) is 0 Å². The number of anilines is 1. The summed E-state index contributed by atoms with van der Waals surface area (Å²) in [4.78, 5) is 57.8. The van der Waals surface area contributed by atoms with Gasteiger partial charge >= 0.3 is 6.03 Å². The second-order valence-electron chi connectivity index (χ2n) is 14.0. The third-order valence-corrected chi connectivity index (χ3v) is 10.2. The van der Waals surface area contributed by atoms with E-state index in [1.165, 1.54) is 24.5 Å². The maximum atomic E-state index is 14.3. The molecule has 1 aliphatic carbocycles. The van der Waals surface area contributed by atoms with E-state index in [-0.39, 0.29) is 53.3 Å². The van der Waals surface area contributed by atoms with Crippen LogP contribution in [0.2, 0.25) is 0 Å².